The van der Waals surface area contributed by atoms with E-state index in [1.54, 1.807) is 0 Å². The highest BCUT2D eigenvalue weighted by Crippen LogP contribution is 2.28. The van der Waals surface area contributed by atoms with Crippen molar-refractivity contribution >= 4 is 29.9 Å². The summed E-state index contributed by atoms with van der Waals surface area (Å²) < 4.78 is 11.4. The summed E-state index contributed by atoms with van der Waals surface area (Å²) >= 11 is 0. The molecule has 1 saturated heterocycles. The van der Waals surface area contributed by atoms with Gasteiger partial charge >= 0.3 is 0 Å². The fourth-order valence-corrected chi connectivity index (χ4v) is 3.52. The van der Waals surface area contributed by atoms with Gasteiger partial charge in [0, 0.05) is 38.8 Å². The van der Waals surface area contributed by atoms with Crippen molar-refractivity contribution in [1.82, 2.24) is 15.5 Å². The van der Waals surface area contributed by atoms with E-state index in [1.165, 1.54) is 5.56 Å². The zero-order chi connectivity index (χ0) is 20.4. The second kappa shape index (κ2) is 13.9. The summed E-state index contributed by atoms with van der Waals surface area (Å²) in [4.78, 5) is 6.93. The minimum absolute atomic E-state index is 0. The second-order valence-corrected chi connectivity index (χ2v) is 7.44. The number of benzene rings is 1. The van der Waals surface area contributed by atoms with Gasteiger partial charge in [-0.1, -0.05) is 6.07 Å². The average Bonchev–Trinajstić information content (AvgIpc) is 2.69. The Hall–Kier alpha value is -1.22. The van der Waals surface area contributed by atoms with Crippen LogP contribution < -0.4 is 20.1 Å². The van der Waals surface area contributed by atoms with E-state index in [-0.39, 0.29) is 24.0 Å². The van der Waals surface area contributed by atoms with Crippen molar-refractivity contribution in [2.24, 2.45) is 4.99 Å². The first-order valence-corrected chi connectivity index (χ1v) is 10.7. The first-order valence-electron chi connectivity index (χ1n) is 10.7. The van der Waals surface area contributed by atoms with Crippen molar-refractivity contribution in [3.05, 3.63) is 23.8 Å². The molecule has 1 aromatic carbocycles. The Morgan fingerprint density at radius 1 is 1.14 bits per heavy atom. The lowest BCUT2D eigenvalue weighted by molar-refractivity contribution is 0.167. The fourth-order valence-electron chi connectivity index (χ4n) is 3.52. The topological polar surface area (TPSA) is 58.1 Å². The number of guanidine groups is 1. The Bertz CT molecular complexity index is 617. The van der Waals surface area contributed by atoms with Gasteiger partial charge in [0.25, 0.3) is 0 Å². The molecule has 0 aliphatic carbocycles. The van der Waals surface area contributed by atoms with Crippen molar-refractivity contribution in [3.63, 3.8) is 0 Å². The van der Waals surface area contributed by atoms with E-state index in [9.17, 15) is 0 Å². The van der Waals surface area contributed by atoms with Gasteiger partial charge in [-0.3, -0.25) is 4.99 Å². The van der Waals surface area contributed by atoms with E-state index in [0.717, 1.165) is 56.4 Å². The maximum atomic E-state index is 5.72. The zero-order valence-corrected chi connectivity index (χ0v) is 21.0. The van der Waals surface area contributed by atoms with Crippen LogP contribution in [0.1, 0.15) is 46.1 Å². The lowest BCUT2D eigenvalue weighted by atomic mass is 10.0. The molecule has 1 aliphatic heterocycles. The molecule has 7 heteroatoms. The Balaban J connectivity index is 0.00000420. The van der Waals surface area contributed by atoms with Crippen LogP contribution in [0.3, 0.4) is 0 Å². The van der Waals surface area contributed by atoms with E-state index in [1.807, 2.05) is 27.0 Å². The molecule has 0 aromatic heterocycles. The summed E-state index contributed by atoms with van der Waals surface area (Å²) in [6, 6.07) is 7.31. The predicted molar refractivity (Wildman–Crippen MR) is 132 cm³/mol. The average molecular weight is 518 g/mol. The zero-order valence-electron chi connectivity index (χ0n) is 18.7. The molecule has 166 valence electrons. The van der Waals surface area contributed by atoms with Gasteiger partial charge in [0.1, 0.15) is 0 Å². The first-order chi connectivity index (χ1) is 13.6. The summed E-state index contributed by atoms with van der Waals surface area (Å²) in [5.41, 5.74) is 1.22. The highest BCUT2D eigenvalue weighted by atomic mass is 127. The number of rotatable bonds is 9. The molecule has 1 aromatic rings. The molecule has 0 bridgehead atoms. The smallest absolute Gasteiger partial charge is 0.191 e. The van der Waals surface area contributed by atoms with Gasteiger partial charge in [-0.15, -0.1) is 24.0 Å². The number of hydrogen-bond acceptors (Lipinski definition) is 4. The van der Waals surface area contributed by atoms with Crippen LogP contribution in [0.4, 0.5) is 0 Å². The molecule has 1 aliphatic rings. The molecule has 0 saturated carbocycles. The lowest BCUT2D eigenvalue weighted by Gasteiger charge is -2.35. The molecule has 6 nitrogen and oxygen atoms in total. The SMILES string of the molecule is CCOc1ccc(CCNC(=NC)NC2CCN(C(C)C)CC2)cc1OCC.I. The van der Waals surface area contributed by atoms with Crippen LogP contribution in [0.25, 0.3) is 0 Å². The Morgan fingerprint density at radius 3 is 2.38 bits per heavy atom. The molecule has 29 heavy (non-hydrogen) atoms. The summed E-state index contributed by atoms with van der Waals surface area (Å²) in [5, 5.41) is 7.02. The van der Waals surface area contributed by atoms with Gasteiger partial charge in [-0.25, -0.2) is 0 Å². The van der Waals surface area contributed by atoms with Gasteiger partial charge in [0.15, 0.2) is 17.5 Å². The van der Waals surface area contributed by atoms with Crippen LogP contribution in [0.5, 0.6) is 11.5 Å². The predicted octanol–water partition coefficient (Wildman–Crippen LogP) is 3.68. The monoisotopic (exact) mass is 518 g/mol. The molecule has 0 spiro atoms. The molecule has 2 N–H and O–H groups in total. The second-order valence-electron chi connectivity index (χ2n) is 7.44. The highest BCUT2D eigenvalue weighted by molar-refractivity contribution is 14.0. The molecular weight excluding hydrogens is 479 g/mol. The summed E-state index contributed by atoms with van der Waals surface area (Å²) in [5.74, 6) is 2.52. The van der Waals surface area contributed by atoms with Crippen molar-refractivity contribution in [3.8, 4) is 11.5 Å². The largest absolute Gasteiger partial charge is 0.490 e. The van der Waals surface area contributed by atoms with Gasteiger partial charge in [-0.05, 0) is 64.7 Å². The van der Waals surface area contributed by atoms with E-state index in [0.29, 0.717) is 25.3 Å². The van der Waals surface area contributed by atoms with E-state index in [2.05, 4.69) is 46.5 Å². The van der Waals surface area contributed by atoms with Crippen LogP contribution in [-0.2, 0) is 6.42 Å². The van der Waals surface area contributed by atoms with Gasteiger partial charge in [0.05, 0.1) is 13.2 Å². The Morgan fingerprint density at radius 2 is 1.79 bits per heavy atom. The third kappa shape index (κ3) is 8.58. The molecule has 0 amide bonds. The van der Waals surface area contributed by atoms with Crippen LogP contribution in [0.15, 0.2) is 23.2 Å². The van der Waals surface area contributed by atoms with E-state index >= 15 is 0 Å². The lowest BCUT2D eigenvalue weighted by Crippen LogP contribution is -2.50. The standard InChI is InChI=1S/C22H38N4O2.HI/c1-6-27-20-9-8-18(16-21(20)28-7-2)10-13-24-22(23-5)25-19-11-14-26(15-12-19)17(3)4;/h8-9,16-17,19H,6-7,10-15H2,1-5H3,(H2,23,24,25);1H. The number of aliphatic imine (C=N–C) groups is 1. The summed E-state index contributed by atoms with van der Waals surface area (Å²) in [6.07, 6.45) is 3.23. The number of nitrogens with one attached hydrogen (secondary N) is 2. The third-order valence-electron chi connectivity index (χ3n) is 5.14. The van der Waals surface area contributed by atoms with E-state index in [4.69, 9.17) is 9.47 Å². The molecule has 2 rings (SSSR count). The number of likely N-dealkylation sites (tertiary alicyclic amines) is 1. The molecule has 0 radical (unpaired) electrons. The normalized spacial score (nSPS) is 15.7. The Labute approximate surface area is 193 Å². The molecule has 1 fully saturated rings. The summed E-state index contributed by atoms with van der Waals surface area (Å²) in [7, 11) is 1.84. The maximum absolute atomic E-state index is 5.72. The fraction of sp³-hybridized carbons (Fsp3) is 0.682. The number of piperidine rings is 1. The number of nitrogens with zero attached hydrogens (tertiary/aromatic N) is 2. The first kappa shape index (κ1) is 25.8. The molecule has 1 heterocycles. The van der Waals surface area contributed by atoms with Gasteiger partial charge < -0.3 is 25.0 Å². The highest BCUT2D eigenvalue weighted by Gasteiger charge is 2.21. The van der Waals surface area contributed by atoms with Crippen molar-refractivity contribution in [1.29, 1.82) is 0 Å². The minimum Gasteiger partial charge on any atom is -0.490 e. The third-order valence-corrected chi connectivity index (χ3v) is 5.14. The van der Waals surface area contributed by atoms with Crippen LogP contribution in [0.2, 0.25) is 0 Å². The molecule has 0 unspecified atom stereocenters. The van der Waals surface area contributed by atoms with Crippen LogP contribution in [0, 0.1) is 0 Å². The van der Waals surface area contributed by atoms with Crippen molar-refractivity contribution in [2.45, 2.75) is 59.0 Å². The van der Waals surface area contributed by atoms with Crippen molar-refractivity contribution < 1.29 is 9.47 Å². The van der Waals surface area contributed by atoms with Crippen molar-refractivity contribution in [2.75, 3.05) is 39.9 Å². The van der Waals surface area contributed by atoms with E-state index < -0.39 is 0 Å². The molecule has 0 atom stereocenters. The van der Waals surface area contributed by atoms with Gasteiger partial charge in [0.2, 0.25) is 0 Å². The Kier molecular flexibility index (Phi) is 12.4. The quantitative estimate of drug-likeness (QED) is 0.297. The van der Waals surface area contributed by atoms with Crippen LogP contribution >= 0.6 is 24.0 Å². The molecular formula is C22H39IN4O2. The number of hydrogen-bond donors (Lipinski definition) is 2. The maximum Gasteiger partial charge on any atom is 0.191 e. The summed E-state index contributed by atoms with van der Waals surface area (Å²) in [6.45, 7) is 12.9. The number of halogens is 1. The van der Waals surface area contributed by atoms with Gasteiger partial charge in [-0.2, -0.15) is 0 Å². The minimum atomic E-state index is 0. The van der Waals surface area contributed by atoms with Crippen LogP contribution in [-0.4, -0.2) is 62.8 Å². The number of ether oxygens (including phenoxy) is 2.